The van der Waals surface area contributed by atoms with Gasteiger partial charge < -0.3 is 97.4 Å². The van der Waals surface area contributed by atoms with Crippen molar-refractivity contribution >= 4 is 71.5 Å². The number of fused-ring (bicyclic) bond motifs is 10. The minimum atomic E-state index is -2.40. The van der Waals surface area contributed by atoms with Crippen molar-refractivity contribution in [1.29, 1.82) is 0 Å². The number of aliphatic hydroxyl groups excluding tert-OH is 2. The quantitative estimate of drug-likeness (QED) is 0.0186. The third kappa shape index (κ3) is 18.7. The van der Waals surface area contributed by atoms with Gasteiger partial charge in [0.25, 0.3) is 11.8 Å². The van der Waals surface area contributed by atoms with Gasteiger partial charge in [-0.2, -0.15) is 0 Å². The SMILES string of the molecule is C.C.COC(=O)O[C@@]12CO[C@@H]1C[C@H](O)[C@@]1(C)C(=O)[C@H](OC(C)=O)C3=C(C)[C@@H](OC(=O)[C@H](OC(C)C)[C@@H](NC(=O)c4ccccc4)c4ccccc4)C[C@@](O)([C@@H](OC(=O)c4ccccc4)[C@H]21)C3(C)C.COC(=O)O[C@@]12CO[C@@H]1C[C@H](OC(C)C)[C@@]1(C)C(=O)[C@H](OC(C)=O)C3=C(C)[C@@H](OC(=O)[C@H](O)[C@@H](NC(=O)c4ccccc4)c4ccccc4)C[C@@](O)([C@@H](OC(=O)c4ccccc4)[C@H]21)C3(C)C. The first-order chi connectivity index (χ1) is 62.4. The van der Waals surface area contributed by atoms with Gasteiger partial charge in [0, 0.05) is 61.5 Å². The summed E-state index contributed by atoms with van der Waals surface area (Å²) in [6.07, 6.45) is -23.2. The van der Waals surface area contributed by atoms with E-state index in [1.807, 2.05) is 0 Å². The van der Waals surface area contributed by atoms with Crippen molar-refractivity contribution in [3.05, 3.63) is 238 Å². The molecule has 0 aromatic heterocycles. The zero-order valence-electron chi connectivity index (χ0n) is 76.4. The van der Waals surface area contributed by atoms with Crippen LogP contribution in [0.25, 0.3) is 0 Å². The lowest BCUT2D eigenvalue weighted by Gasteiger charge is -2.67. The number of methoxy groups -OCH3 is 2. The molecule has 6 aromatic rings. The summed E-state index contributed by atoms with van der Waals surface area (Å²) in [4.78, 5) is 170. The Morgan fingerprint density at radius 2 is 0.806 bits per heavy atom. The van der Waals surface area contributed by atoms with Crippen molar-refractivity contribution < 1.29 is 144 Å². The summed E-state index contributed by atoms with van der Waals surface area (Å²) in [7, 11) is 2.19. The van der Waals surface area contributed by atoms with Gasteiger partial charge in [-0.3, -0.25) is 28.8 Å². The van der Waals surface area contributed by atoms with Gasteiger partial charge in [0.15, 0.2) is 47.2 Å². The molecule has 6 aromatic carbocycles. The second-order valence-corrected chi connectivity index (χ2v) is 37.0. The van der Waals surface area contributed by atoms with E-state index >= 15 is 14.4 Å². The van der Waals surface area contributed by atoms with Gasteiger partial charge in [0.1, 0.15) is 47.8 Å². The number of rotatable bonds is 24. The monoisotopic (exact) mass is 1850 g/mol. The van der Waals surface area contributed by atoms with Gasteiger partial charge >= 0.3 is 48.1 Å². The second-order valence-electron chi connectivity index (χ2n) is 37.0. The number of carbonyl (C=O) groups excluding carboxylic acids is 12. The number of nitrogens with one attached hydrogen (secondary N) is 2. The van der Waals surface area contributed by atoms with E-state index in [4.69, 9.17) is 66.3 Å². The number of hydrogen-bond donors (Lipinski definition) is 6. The largest absolute Gasteiger partial charge is 0.508 e. The Bertz CT molecular complexity index is 5400. The van der Waals surface area contributed by atoms with Crippen LogP contribution in [0.5, 0.6) is 0 Å². The molecule has 6 N–H and O–H groups in total. The zero-order chi connectivity index (χ0) is 95.9. The van der Waals surface area contributed by atoms with Crippen LogP contribution < -0.4 is 10.6 Å². The highest BCUT2D eigenvalue weighted by Gasteiger charge is 2.81. The van der Waals surface area contributed by atoms with Gasteiger partial charge in [-0.05, 0) is 137 Å². The predicted octanol–water partition coefficient (Wildman–Crippen LogP) is 12.0. The average molecular weight is 1860 g/mol. The van der Waals surface area contributed by atoms with Gasteiger partial charge in [-0.25, -0.2) is 28.8 Å². The Morgan fingerprint density at radius 1 is 0.455 bits per heavy atom. The van der Waals surface area contributed by atoms with Crippen molar-refractivity contribution in [3.63, 3.8) is 0 Å². The van der Waals surface area contributed by atoms with Crippen molar-refractivity contribution in [3.8, 4) is 0 Å². The summed E-state index contributed by atoms with van der Waals surface area (Å²) in [6.45, 7) is 20.9. The Labute approximate surface area is 778 Å². The third-order valence-corrected chi connectivity index (χ3v) is 28.0. The highest BCUT2D eigenvalue weighted by molar-refractivity contribution is 5.99. The van der Waals surface area contributed by atoms with Crippen LogP contribution >= 0.6 is 0 Å². The van der Waals surface area contributed by atoms with E-state index in [9.17, 15) is 63.6 Å². The topological polar surface area (TPSA) is 439 Å². The molecule has 134 heavy (non-hydrogen) atoms. The standard InChI is InChI=1S/2C50H57NO15.2CH4/c1-27(2)62-34-24-35-49(26-61-35,66-46(58)60-8)40-42(65-44(56)32-22-16-11-17-23-32)50(59)25-33(28(3)36(47(50,5)6)39(63-29(4)52)41(54)48(34,40)7)64-45(57)38(53)37(30-18-12-9-13-19-30)51-43(55)31-20-14-10-15-21-31;1-27(2)62-39(37(30-18-12-9-13-19-30)51-43(55)31-20-14-10-15-21-31)45(57)64-33-25-50(59)42(65-44(56)32-22-16-11-17-23-32)40-48(7,34(53)24-35-49(40,26-61-35)66-46(58)60-8)41(54)38(63-29(4)52)36(28(33)3)47(50,5)6;;/h2*9-23,27,33-35,37-40,42,53,59H,24-26H2,1-8H3,(H,51,55);2*1H4/t2*33-,34-,35+,37-,38+,39+,40-,42-,48+,49-,50+;;/m00../s1. The predicted molar refractivity (Wildman–Crippen MR) is 480 cm³/mol. The molecule has 0 radical (unpaired) electrons. The molecule has 4 saturated carbocycles. The molecular formula is C102H122N2O30. The molecule has 720 valence electrons. The van der Waals surface area contributed by atoms with E-state index in [1.165, 1.54) is 31.2 Å². The van der Waals surface area contributed by atoms with Crippen molar-refractivity contribution in [2.45, 2.75) is 257 Å². The van der Waals surface area contributed by atoms with Crippen LogP contribution in [0.4, 0.5) is 9.59 Å². The van der Waals surface area contributed by atoms with E-state index in [0.29, 0.717) is 16.7 Å². The Kier molecular flexibility index (Phi) is 30.9. The van der Waals surface area contributed by atoms with E-state index in [-0.39, 0.29) is 79.9 Å². The molecule has 22 atom stereocenters. The lowest BCUT2D eigenvalue weighted by molar-refractivity contribution is -0.348. The highest BCUT2D eigenvalue weighted by Crippen LogP contribution is 2.68. The molecule has 6 aliphatic carbocycles. The fraction of sp³-hybridized carbons (Fsp3) is 0.490. The fourth-order valence-corrected chi connectivity index (χ4v) is 21.1. The van der Waals surface area contributed by atoms with Crippen LogP contribution in [-0.4, -0.2) is 227 Å². The van der Waals surface area contributed by atoms with Crippen LogP contribution in [0.15, 0.2) is 204 Å². The first kappa shape index (κ1) is 103. The fourth-order valence-electron chi connectivity index (χ4n) is 21.1. The lowest BCUT2D eigenvalue weighted by atomic mass is 9.44. The minimum Gasteiger partial charge on any atom is -0.456 e. The normalized spacial score (nSPS) is 30.2. The first-order valence-electron chi connectivity index (χ1n) is 43.9. The van der Waals surface area contributed by atoms with Crippen LogP contribution in [0.1, 0.15) is 202 Å². The number of aliphatic hydroxyl groups is 4. The molecule has 2 aliphatic heterocycles. The molecule has 32 heteroatoms. The highest BCUT2D eigenvalue weighted by atomic mass is 16.8. The molecule has 0 spiro atoms. The van der Waals surface area contributed by atoms with Gasteiger partial charge in [0.2, 0.25) is 0 Å². The smallest absolute Gasteiger partial charge is 0.456 e. The maximum atomic E-state index is 16.0. The van der Waals surface area contributed by atoms with Crippen LogP contribution in [0.2, 0.25) is 0 Å². The molecule has 2 amide bonds. The molecule has 0 unspecified atom stereocenters. The minimum absolute atomic E-state index is 0. The van der Waals surface area contributed by atoms with E-state index < -0.39 is 238 Å². The second kappa shape index (κ2) is 40.3. The number of benzene rings is 6. The van der Waals surface area contributed by atoms with Crippen LogP contribution in [-0.2, 0) is 95.1 Å². The summed E-state index contributed by atoms with van der Waals surface area (Å²) in [5.41, 5.74) is -13.7. The molecule has 4 bridgehead atoms. The molecule has 14 rings (SSSR count). The Hall–Kier alpha value is -11.9. The molecule has 6 fully saturated rings. The molecule has 32 nitrogen and oxygen atoms in total. The number of amides is 2. The third-order valence-electron chi connectivity index (χ3n) is 28.0. The van der Waals surface area contributed by atoms with Gasteiger partial charge in [0.05, 0.1) is 97.7 Å². The summed E-state index contributed by atoms with van der Waals surface area (Å²) >= 11 is 0. The van der Waals surface area contributed by atoms with Crippen LogP contribution in [0, 0.1) is 33.5 Å². The van der Waals surface area contributed by atoms with Crippen molar-refractivity contribution in [1.82, 2.24) is 10.6 Å². The lowest BCUT2D eigenvalue weighted by Crippen LogP contribution is -2.82. The molecule has 2 heterocycles. The van der Waals surface area contributed by atoms with Gasteiger partial charge in [-0.1, -0.05) is 176 Å². The van der Waals surface area contributed by atoms with E-state index in [0.717, 1.165) is 28.1 Å². The van der Waals surface area contributed by atoms with Crippen LogP contribution in [0.3, 0.4) is 0 Å². The summed E-state index contributed by atoms with van der Waals surface area (Å²) < 4.78 is 84.5. The van der Waals surface area contributed by atoms with Crippen molar-refractivity contribution in [2.75, 3.05) is 27.4 Å². The molecular weight excluding hydrogens is 1730 g/mol. The number of ether oxygens (including phenoxy) is 14. The van der Waals surface area contributed by atoms with E-state index in [1.54, 1.807) is 234 Å². The maximum Gasteiger partial charge on any atom is 0.508 e. The average Bonchev–Trinajstić information content (AvgIpc) is 0.670. The Balaban J connectivity index is 0.000000254. The zero-order valence-corrected chi connectivity index (χ0v) is 76.4. The summed E-state index contributed by atoms with van der Waals surface area (Å²) in [5, 5.41) is 57.5. The number of carbonyl (C=O) groups is 12. The Morgan fingerprint density at radius 3 is 1.17 bits per heavy atom. The summed E-state index contributed by atoms with van der Waals surface area (Å²) in [5.74, 6) is -11.6. The number of ketones is 2. The maximum absolute atomic E-state index is 16.0. The first-order valence-corrected chi connectivity index (χ1v) is 43.9. The number of hydrogen-bond acceptors (Lipinski definition) is 30. The number of esters is 6. The van der Waals surface area contributed by atoms with Crippen molar-refractivity contribution in [2.24, 2.45) is 33.5 Å². The molecule has 8 aliphatic rings. The van der Waals surface area contributed by atoms with E-state index in [2.05, 4.69) is 10.6 Å². The van der Waals surface area contributed by atoms with Gasteiger partial charge in [-0.15, -0.1) is 0 Å². The number of Topliss-reactive ketones (excluding diaryl/α,β-unsaturated/α-hetero) is 2. The molecule has 2 saturated heterocycles. The summed E-state index contributed by atoms with van der Waals surface area (Å²) in [6, 6.07) is 46.9.